The van der Waals surface area contributed by atoms with Crippen molar-refractivity contribution in [2.24, 2.45) is 76.6 Å². The van der Waals surface area contributed by atoms with Crippen LogP contribution in [0.1, 0.15) is 221 Å². The van der Waals surface area contributed by atoms with Crippen molar-refractivity contribution in [2.45, 2.75) is 254 Å². The van der Waals surface area contributed by atoms with Crippen LogP contribution in [-0.2, 0) is 100 Å². The fourth-order valence-electron chi connectivity index (χ4n) is 15.4. The number of carboxylic acid groups (broad SMARTS) is 2. The van der Waals surface area contributed by atoms with Gasteiger partial charge in [-0.15, -0.1) is 0 Å². The van der Waals surface area contributed by atoms with Crippen molar-refractivity contribution >= 4 is 129 Å². The number of amides is 10. The van der Waals surface area contributed by atoms with Gasteiger partial charge in [0.1, 0.15) is 64.6 Å². The number of esters is 5. The highest BCUT2D eigenvalue weighted by Crippen LogP contribution is 2.31. The summed E-state index contributed by atoms with van der Waals surface area (Å²) in [7, 11) is 9.37. The van der Waals surface area contributed by atoms with Crippen LogP contribution < -0.4 is 74.1 Å². The van der Waals surface area contributed by atoms with Crippen LogP contribution in [0.15, 0.2) is 48.5 Å². The minimum absolute atomic E-state index is 0.0145. The van der Waals surface area contributed by atoms with E-state index in [9.17, 15) is 86.3 Å². The monoisotopic (exact) mass is 1960 g/mol. The van der Waals surface area contributed by atoms with E-state index in [0.29, 0.717) is 107 Å². The molecule has 2 aromatic carbocycles. The molecule has 2 aromatic heterocycles. The predicted molar refractivity (Wildman–Crippen MR) is 511 cm³/mol. The smallest absolute Gasteiger partial charge is 0.408 e. The van der Waals surface area contributed by atoms with Gasteiger partial charge in [-0.25, -0.2) is 33.6 Å². The van der Waals surface area contributed by atoms with Crippen molar-refractivity contribution in [1.82, 2.24) is 63.1 Å². The van der Waals surface area contributed by atoms with Gasteiger partial charge in [0.05, 0.1) is 67.4 Å². The molecular formula is C96H150N14O29. The summed E-state index contributed by atoms with van der Waals surface area (Å²) in [6, 6.07) is 8.34. The summed E-state index contributed by atoms with van der Waals surface area (Å²) in [6.45, 7) is 30.8. The molecule has 9 rings (SSSR count). The molecule has 7 heterocycles. The molecule has 0 radical (unpaired) electrons. The highest BCUT2D eigenvalue weighted by Gasteiger charge is 2.40. The van der Waals surface area contributed by atoms with E-state index in [1.54, 1.807) is 80.9 Å². The topological polar surface area (TPSA) is 635 Å². The van der Waals surface area contributed by atoms with Gasteiger partial charge >= 0.3 is 54.0 Å². The fraction of sp³-hybridized carbons (Fsp3) is 0.646. The van der Waals surface area contributed by atoms with E-state index in [1.165, 1.54) is 35.5 Å². The van der Waals surface area contributed by atoms with E-state index >= 15 is 0 Å². The number of aromatic carboxylic acids is 1. The Labute approximate surface area is 811 Å². The van der Waals surface area contributed by atoms with Crippen LogP contribution in [0.25, 0.3) is 21.8 Å². The second kappa shape index (κ2) is 59.6. The number of ketones is 1. The third-order valence-corrected chi connectivity index (χ3v) is 22.3. The number of methoxy groups -OCH3 is 7. The molecule has 18 N–H and O–H groups in total. The van der Waals surface area contributed by atoms with Gasteiger partial charge in [0, 0.05) is 96.5 Å². The van der Waals surface area contributed by atoms with Crippen LogP contribution in [0.4, 0.5) is 9.59 Å². The molecule has 5 aliphatic rings. The third kappa shape index (κ3) is 43.5. The molecule has 10 amide bonds. The quantitative estimate of drug-likeness (QED) is 0.0130. The van der Waals surface area contributed by atoms with Crippen LogP contribution in [0.3, 0.4) is 0 Å². The first-order chi connectivity index (χ1) is 65.1. The molecule has 0 bridgehead atoms. The molecule has 0 spiro atoms. The van der Waals surface area contributed by atoms with Gasteiger partial charge in [-0.1, -0.05) is 74.4 Å². The Bertz CT molecular complexity index is 4760. The zero-order valence-corrected chi connectivity index (χ0v) is 84.2. The number of nitrogens with one attached hydrogen (secondary N) is 12. The van der Waals surface area contributed by atoms with Gasteiger partial charge in [0.2, 0.25) is 47.3 Å². The van der Waals surface area contributed by atoms with Crippen molar-refractivity contribution in [3.63, 3.8) is 0 Å². The number of aliphatic carboxylic acids is 1. The maximum Gasteiger partial charge on any atom is 0.408 e. The van der Waals surface area contributed by atoms with Gasteiger partial charge in [0.15, 0.2) is 5.78 Å². The Balaban J connectivity index is 0.000000432. The lowest BCUT2D eigenvalue weighted by Gasteiger charge is -2.26. The number of ether oxygens (including phenoxy) is 9. The second-order valence-corrected chi connectivity index (χ2v) is 38.1. The Kier molecular flexibility index (Phi) is 51.6. The van der Waals surface area contributed by atoms with Gasteiger partial charge < -0.3 is 127 Å². The molecule has 43 heteroatoms. The molecule has 778 valence electrons. The summed E-state index contributed by atoms with van der Waals surface area (Å²) in [6.07, 6.45) is 5.07. The number of fused-ring (bicyclic) bond motifs is 2. The molecule has 43 nitrogen and oxygen atoms in total. The number of carbonyl (C=O) groups excluding carboxylic acids is 16. The summed E-state index contributed by atoms with van der Waals surface area (Å²) < 4.78 is 44.2. The van der Waals surface area contributed by atoms with Crippen LogP contribution >= 0.6 is 0 Å². The number of hydrogen-bond donors (Lipinski definition) is 16. The SMILES string of the molecule is CC(C)C[C@H](C)C(=O)O.COC(=O)[C@@H](N)C[C@@H]1CCNC1=O.COC(=O)[C@H](C[C@@H]1CCNC1=O)NC(=O)OC(C)(C)C.COC(=O)[C@H](C[C@@H]1CCNC1=O)NC(=O)[C@@H](CC(=O)c1cc2c(OC)cccc2[nH]1)CC(C)C.COC(=O)[C@H](C[C@@H]1CCNC1=O)NC(=O)[C@@H](N)CC(C)C.COC(=O)[C@H](C[C@@H]1CCNC1=O)NC(=O)[C@H](CC(C)C)NC(=O)OC(C)(C)C.COc1cccc2[nH]c(C(=O)O)cc12. The first-order valence-electron chi connectivity index (χ1n) is 46.6. The van der Waals surface area contributed by atoms with Crippen LogP contribution in [-0.4, -0.2) is 263 Å². The lowest BCUT2D eigenvalue weighted by atomic mass is 9.90. The van der Waals surface area contributed by atoms with E-state index in [-0.39, 0.29) is 126 Å². The maximum atomic E-state index is 13.2. The van der Waals surface area contributed by atoms with Crippen LogP contribution in [0.5, 0.6) is 11.5 Å². The van der Waals surface area contributed by atoms with E-state index in [1.807, 2.05) is 85.7 Å². The Hall–Kier alpha value is -12.7. The number of nitrogens with two attached hydrogens (primary N) is 2. The average Bonchev–Trinajstić information content (AvgIpc) is 1.68. The predicted octanol–water partition coefficient (Wildman–Crippen LogP) is 6.47. The van der Waals surface area contributed by atoms with E-state index < -0.39 is 131 Å². The summed E-state index contributed by atoms with van der Waals surface area (Å²) in [5.41, 5.74) is 12.1. The number of rotatable bonds is 38. The molecule has 5 fully saturated rings. The normalized spacial score (nSPS) is 18.2. The Morgan fingerprint density at radius 1 is 0.388 bits per heavy atom. The summed E-state index contributed by atoms with van der Waals surface area (Å²) >= 11 is 0. The van der Waals surface area contributed by atoms with Gasteiger partial charge in [0.25, 0.3) is 0 Å². The van der Waals surface area contributed by atoms with Crippen molar-refractivity contribution in [1.29, 1.82) is 0 Å². The zero-order valence-electron chi connectivity index (χ0n) is 84.2. The summed E-state index contributed by atoms with van der Waals surface area (Å²) in [5, 5.41) is 45.3. The molecule has 5 saturated heterocycles. The Morgan fingerprint density at radius 2 is 0.705 bits per heavy atom. The number of benzene rings is 2. The van der Waals surface area contributed by atoms with Gasteiger partial charge in [-0.05, 0) is 192 Å². The van der Waals surface area contributed by atoms with E-state index in [2.05, 4.69) is 72.6 Å². The molecular weight excluding hydrogens is 1810 g/mol. The van der Waals surface area contributed by atoms with Crippen LogP contribution in [0, 0.1) is 65.1 Å². The maximum absolute atomic E-state index is 13.2. The summed E-state index contributed by atoms with van der Waals surface area (Å²) in [5.74, 6) is -6.41. The zero-order chi connectivity index (χ0) is 105. The second-order valence-electron chi connectivity index (χ2n) is 38.1. The van der Waals surface area contributed by atoms with Crippen molar-refractivity contribution in [2.75, 3.05) is 82.5 Å². The molecule has 0 aliphatic carbocycles. The highest BCUT2D eigenvalue weighted by molar-refractivity contribution is 6.03. The first-order valence-corrected chi connectivity index (χ1v) is 46.6. The number of carboxylic acids is 2. The largest absolute Gasteiger partial charge is 0.496 e. The third-order valence-electron chi connectivity index (χ3n) is 22.3. The number of carbonyl (C=O) groups is 18. The van der Waals surface area contributed by atoms with Crippen molar-refractivity contribution in [3.8, 4) is 11.5 Å². The van der Waals surface area contributed by atoms with E-state index in [0.717, 1.165) is 34.6 Å². The number of alkyl carbamates (subject to hydrolysis) is 2. The molecule has 4 aromatic rings. The van der Waals surface area contributed by atoms with E-state index in [4.69, 9.17) is 54.8 Å². The average molecular weight is 1960 g/mol. The van der Waals surface area contributed by atoms with Crippen LogP contribution in [0.2, 0.25) is 0 Å². The van der Waals surface area contributed by atoms with Gasteiger partial charge in [-0.2, -0.15) is 0 Å². The number of aromatic nitrogens is 2. The number of hydrogen-bond acceptors (Lipinski definition) is 29. The first kappa shape index (κ1) is 120. The minimum atomic E-state index is -0.971. The van der Waals surface area contributed by atoms with Crippen molar-refractivity contribution < 1.29 is 139 Å². The Morgan fingerprint density at radius 3 is 1.01 bits per heavy atom. The number of H-pyrrole nitrogens is 2. The lowest BCUT2D eigenvalue weighted by Crippen LogP contribution is -2.53. The molecule has 14 atom stereocenters. The number of Topliss-reactive ketones (excluding diaryl/α,β-unsaturated/α-hetero) is 1. The summed E-state index contributed by atoms with van der Waals surface area (Å²) in [4.78, 5) is 219. The number of aromatic amines is 2. The minimum Gasteiger partial charge on any atom is -0.496 e. The molecule has 5 aliphatic heterocycles. The lowest BCUT2D eigenvalue weighted by molar-refractivity contribution is -0.146. The van der Waals surface area contributed by atoms with Crippen molar-refractivity contribution in [3.05, 3.63) is 59.9 Å². The molecule has 0 saturated carbocycles. The standard InChI is InChI=1S/C25H33N3O6.C19H33N3O6.C14H25N3O4.C13H22N2O5.C10H9NO3.C8H14N2O3.C7H14O2/c1-14(2)10-16(12-21(29)19-13-17-18(27-19)6-5-7-22(17)33-3)24(31)28-20(25(32)34-4)11-15-8-9-26-23(15)30;1-11(2)9-13(22-18(26)28-19(3,4)5)16(24)21-14(17(25)27-6)10-12-7-8-20-15(12)23;1-8(2)6-10(15)13(19)17-11(14(20)21-3)7-9-4-5-16-12(9)18;1-13(2,3)20-12(18)15-9(11(17)19-4)7-8-5-6-14-10(8)16;1-14-9-4-2-3-7-6(9)5-8(11-7)10(12)13;1-13-8(12)6(9)4-5-2-3-10-7(5)11;1-5(2)4-6(3)7(8)9/h5-7,13-16,20,27H,8-12H2,1-4H3,(H,26,30)(H,28,31);11-14H,7-10H2,1-6H3,(H,20,23)(H,21,24)(H,22,26);8-11H,4-7,15H2,1-3H3,(H,16,18)(H,17,19);8-9H,5-7H2,1-4H3,(H,14,16)(H,15,18);2-5,11H,1H3,(H,12,13);5-6H,2-4,9H2,1H3,(H,10,11);5-6H,4H2,1-3H3,(H,8,9)/t15-,16+,20-;12-,13-,14-;9-,10-,11-;8-,9-;;5-,6-;6-/m0000.00/s1. The van der Waals surface area contributed by atoms with Gasteiger partial charge in [-0.3, -0.25) is 52.7 Å². The highest BCUT2D eigenvalue weighted by atomic mass is 16.6. The fourth-order valence-corrected chi connectivity index (χ4v) is 15.4. The molecule has 0 unspecified atom stereocenters. The molecule has 139 heavy (non-hydrogen) atoms.